The number of nitrogens with zero attached hydrogens (tertiary/aromatic N) is 1. The van der Waals surface area contributed by atoms with Crippen LogP contribution in [0.2, 0.25) is 0 Å². The number of aromatic amines is 1. The van der Waals surface area contributed by atoms with Crippen molar-refractivity contribution in [2.45, 2.75) is 45.8 Å². The summed E-state index contributed by atoms with van der Waals surface area (Å²) in [7, 11) is 3.69. The van der Waals surface area contributed by atoms with Crippen molar-refractivity contribution >= 4 is 22.9 Å². The number of nitrogens with one attached hydrogen (secondary N) is 3. The summed E-state index contributed by atoms with van der Waals surface area (Å²) < 4.78 is 10.5. The minimum Gasteiger partial charge on any atom is -0.497 e. The van der Waals surface area contributed by atoms with Gasteiger partial charge in [0.05, 0.1) is 7.11 Å². The van der Waals surface area contributed by atoms with E-state index in [2.05, 4.69) is 39.7 Å². The van der Waals surface area contributed by atoms with Gasteiger partial charge < -0.3 is 30.0 Å². The third-order valence-corrected chi connectivity index (χ3v) is 5.72. The second-order valence-corrected chi connectivity index (χ2v) is 9.97. The van der Waals surface area contributed by atoms with Crippen LogP contribution in [0.4, 0.5) is 4.79 Å². The van der Waals surface area contributed by atoms with Crippen LogP contribution in [0, 0.1) is 0 Å². The van der Waals surface area contributed by atoms with Crippen molar-refractivity contribution in [1.29, 1.82) is 0 Å². The Morgan fingerprint density at radius 2 is 1.69 bits per heavy atom. The van der Waals surface area contributed by atoms with Crippen molar-refractivity contribution in [3.63, 3.8) is 0 Å². The lowest BCUT2D eigenvalue weighted by Gasteiger charge is -2.19. The molecule has 1 aromatic heterocycles. The molecule has 0 radical (unpaired) electrons. The van der Waals surface area contributed by atoms with E-state index in [1.165, 1.54) is 5.56 Å². The molecule has 0 aliphatic carbocycles. The van der Waals surface area contributed by atoms with E-state index < -0.39 is 11.7 Å². The highest BCUT2D eigenvalue weighted by atomic mass is 16.6. The predicted octanol–water partition coefficient (Wildman–Crippen LogP) is 4.50. The molecule has 3 N–H and O–H groups in total. The van der Waals surface area contributed by atoms with Gasteiger partial charge in [-0.05, 0) is 82.6 Å². The van der Waals surface area contributed by atoms with E-state index in [1.807, 2.05) is 57.2 Å². The zero-order chi connectivity index (χ0) is 26.1. The molecular formula is C28H38N4O4. The fourth-order valence-electron chi connectivity index (χ4n) is 3.79. The maximum atomic E-state index is 12.5. The van der Waals surface area contributed by atoms with Crippen LogP contribution in [-0.4, -0.2) is 61.3 Å². The molecule has 3 rings (SSSR count). The number of rotatable bonds is 11. The van der Waals surface area contributed by atoms with Crippen LogP contribution in [0.15, 0.2) is 48.5 Å². The van der Waals surface area contributed by atoms with Gasteiger partial charge in [0.2, 0.25) is 0 Å². The summed E-state index contributed by atoms with van der Waals surface area (Å²) in [5.74, 6) is 0.654. The van der Waals surface area contributed by atoms with E-state index in [-0.39, 0.29) is 5.91 Å². The molecule has 36 heavy (non-hydrogen) atoms. The smallest absolute Gasteiger partial charge is 0.407 e. The number of ether oxygens (including phenoxy) is 2. The van der Waals surface area contributed by atoms with Gasteiger partial charge in [0.15, 0.2) is 0 Å². The maximum absolute atomic E-state index is 12.5. The number of likely N-dealkylation sites (N-methyl/N-ethyl adjacent to an activating group) is 1. The van der Waals surface area contributed by atoms with Crippen LogP contribution in [0.1, 0.15) is 48.8 Å². The monoisotopic (exact) mass is 494 g/mol. The molecule has 8 nitrogen and oxygen atoms in total. The van der Waals surface area contributed by atoms with Gasteiger partial charge in [-0.1, -0.05) is 24.3 Å². The van der Waals surface area contributed by atoms with Crippen molar-refractivity contribution in [3.05, 3.63) is 65.4 Å². The minimum absolute atomic E-state index is 0.111. The Hall–Kier alpha value is -3.52. The quantitative estimate of drug-likeness (QED) is 0.365. The van der Waals surface area contributed by atoms with E-state index in [0.717, 1.165) is 48.1 Å². The summed E-state index contributed by atoms with van der Waals surface area (Å²) in [5.41, 5.74) is 3.25. The third-order valence-electron chi connectivity index (χ3n) is 5.72. The molecular weight excluding hydrogens is 456 g/mol. The Morgan fingerprint density at radius 1 is 0.972 bits per heavy atom. The maximum Gasteiger partial charge on any atom is 0.407 e. The summed E-state index contributed by atoms with van der Waals surface area (Å²) in [6.45, 7) is 8.26. The Balaban J connectivity index is 1.33. The predicted molar refractivity (Wildman–Crippen MR) is 143 cm³/mol. The minimum atomic E-state index is -0.501. The number of hydrogen-bond acceptors (Lipinski definition) is 5. The second-order valence-electron chi connectivity index (χ2n) is 9.97. The molecule has 0 aliphatic rings. The lowest BCUT2D eigenvalue weighted by Crippen LogP contribution is -2.33. The van der Waals surface area contributed by atoms with E-state index in [0.29, 0.717) is 18.8 Å². The topological polar surface area (TPSA) is 95.7 Å². The molecule has 0 fully saturated rings. The number of hydrogen-bond donors (Lipinski definition) is 3. The lowest BCUT2D eigenvalue weighted by atomic mass is 10.1. The molecule has 0 spiro atoms. The van der Waals surface area contributed by atoms with Crippen molar-refractivity contribution < 1.29 is 19.1 Å². The van der Waals surface area contributed by atoms with Gasteiger partial charge in [0, 0.05) is 30.5 Å². The zero-order valence-corrected chi connectivity index (χ0v) is 21.9. The van der Waals surface area contributed by atoms with Gasteiger partial charge >= 0.3 is 6.09 Å². The normalized spacial score (nSPS) is 11.5. The van der Waals surface area contributed by atoms with Crippen LogP contribution in [-0.2, 0) is 17.7 Å². The summed E-state index contributed by atoms with van der Waals surface area (Å²) in [6, 6.07) is 15.8. The van der Waals surface area contributed by atoms with Gasteiger partial charge in [0.1, 0.15) is 17.0 Å². The molecule has 194 valence electrons. The van der Waals surface area contributed by atoms with Crippen molar-refractivity contribution in [3.8, 4) is 5.75 Å². The van der Waals surface area contributed by atoms with E-state index in [4.69, 9.17) is 9.47 Å². The number of H-pyrrole nitrogens is 1. The van der Waals surface area contributed by atoms with E-state index in [9.17, 15) is 9.59 Å². The van der Waals surface area contributed by atoms with Crippen LogP contribution >= 0.6 is 0 Å². The number of carbonyl (C=O) groups excluding carboxylic acids is 2. The fourth-order valence-corrected chi connectivity index (χ4v) is 3.79. The van der Waals surface area contributed by atoms with Gasteiger partial charge in [-0.25, -0.2) is 4.79 Å². The number of aromatic nitrogens is 1. The molecule has 0 saturated heterocycles. The number of aryl methyl sites for hydroxylation is 1. The van der Waals surface area contributed by atoms with E-state index >= 15 is 0 Å². The van der Waals surface area contributed by atoms with Crippen LogP contribution in [0.25, 0.3) is 10.9 Å². The molecule has 0 saturated carbocycles. The molecule has 0 atom stereocenters. The van der Waals surface area contributed by atoms with Crippen LogP contribution < -0.4 is 15.4 Å². The molecule has 2 amide bonds. The number of benzene rings is 2. The second kappa shape index (κ2) is 12.4. The molecule has 1 heterocycles. The Labute approximate surface area is 213 Å². The lowest BCUT2D eigenvalue weighted by molar-refractivity contribution is 0.0523. The number of fused-ring (bicyclic) bond motifs is 1. The first kappa shape index (κ1) is 27.1. The first-order chi connectivity index (χ1) is 17.1. The van der Waals surface area contributed by atoms with Crippen molar-refractivity contribution in [2.75, 3.05) is 33.8 Å². The fraction of sp³-hybridized carbons (Fsp3) is 0.429. The highest BCUT2D eigenvalue weighted by Crippen LogP contribution is 2.21. The molecule has 0 bridgehead atoms. The van der Waals surface area contributed by atoms with Crippen molar-refractivity contribution in [2.24, 2.45) is 0 Å². The number of alkyl carbamates (subject to hydrolysis) is 1. The largest absolute Gasteiger partial charge is 0.497 e. The Morgan fingerprint density at radius 3 is 2.39 bits per heavy atom. The molecule has 0 unspecified atom stereocenters. The Bertz CT molecular complexity index is 1150. The molecule has 8 heteroatoms. The summed E-state index contributed by atoms with van der Waals surface area (Å²) in [5, 5.41) is 6.71. The highest BCUT2D eigenvalue weighted by Gasteiger charge is 2.15. The van der Waals surface area contributed by atoms with Gasteiger partial charge in [0.25, 0.3) is 5.91 Å². The first-order valence-corrected chi connectivity index (χ1v) is 12.3. The molecule has 3 aromatic rings. The van der Waals surface area contributed by atoms with Crippen molar-refractivity contribution in [1.82, 2.24) is 20.5 Å². The molecule has 0 aliphatic heterocycles. The standard InChI is InChI=1S/C28H38N4O4/c1-28(2,3)36-27(34)30-19-21-10-8-20(9-11-21)7-6-15-32(4)16-14-29-26(33)25-18-22-17-23(35-5)12-13-24(22)31-25/h8-13,17-18,31H,6-7,14-16,19H2,1-5H3,(H,29,33)(H,30,34). The average Bonchev–Trinajstić information content (AvgIpc) is 3.26. The SMILES string of the molecule is COc1ccc2[nH]c(C(=O)NCCN(C)CCCc3ccc(CNC(=O)OC(C)(C)C)cc3)cc2c1. The number of amides is 2. The third kappa shape index (κ3) is 8.61. The zero-order valence-electron chi connectivity index (χ0n) is 21.9. The highest BCUT2D eigenvalue weighted by molar-refractivity contribution is 5.98. The van der Waals surface area contributed by atoms with E-state index in [1.54, 1.807) is 7.11 Å². The van der Waals surface area contributed by atoms with Gasteiger partial charge in [-0.3, -0.25) is 4.79 Å². The summed E-state index contributed by atoms with van der Waals surface area (Å²) >= 11 is 0. The van der Waals surface area contributed by atoms with Crippen LogP contribution in [0.3, 0.4) is 0 Å². The van der Waals surface area contributed by atoms with Gasteiger partial charge in [-0.15, -0.1) is 0 Å². The van der Waals surface area contributed by atoms with Crippen LogP contribution in [0.5, 0.6) is 5.75 Å². The summed E-state index contributed by atoms with van der Waals surface area (Å²) in [6.07, 6.45) is 1.58. The molecule has 2 aromatic carbocycles. The Kier molecular flexibility index (Phi) is 9.36. The first-order valence-electron chi connectivity index (χ1n) is 12.3. The van der Waals surface area contributed by atoms with Gasteiger partial charge in [-0.2, -0.15) is 0 Å². The summed E-state index contributed by atoms with van der Waals surface area (Å²) in [4.78, 5) is 29.7. The average molecular weight is 495 g/mol. The number of carbonyl (C=O) groups is 2. The number of methoxy groups -OCH3 is 1.